The first-order valence-corrected chi connectivity index (χ1v) is 6.66. The summed E-state index contributed by atoms with van der Waals surface area (Å²) in [4.78, 5) is 0. The minimum atomic E-state index is 0.0165. The van der Waals surface area contributed by atoms with Crippen LogP contribution in [0.2, 0.25) is 0 Å². The molecule has 2 aliphatic rings. The third-order valence-electron chi connectivity index (χ3n) is 3.81. The van der Waals surface area contributed by atoms with Crippen LogP contribution in [0.1, 0.15) is 53.4 Å². The summed E-state index contributed by atoms with van der Waals surface area (Å²) in [5, 5.41) is 6.49. The summed E-state index contributed by atoms with van der Waals surface area (Å²) in [6, 6.07) is 0. The second kappa shape index (κ2) is 3.84. The number of hydrazine groups is 1. The molecule has 0 aromatic carbocycles. The molecule has 0 aromatic rings. The van der Waals surface area contributed by atoms with E-state index >= 15 is 0 Å². The molecule has 0 bridgehead atoms. The van der Waals surface area contributed by atoms with Crippen LogP contribution >= 0.6 is 12.2 Å². The van der Waals surface area contributed by atoms with Crippen molar-refractivity contribution in [3.05, 3.63) is 0 Å². The van der Waals surface area contributed by atoms with E-state index in [0.717, 1.165) is 5.11 Å². The Morgan fingerprint density at radius 2 is 2.06 bits per heavy atom. The Morgan fingerprint density at radius 1 is 1.38 bits per heavy atom. The van der Waals surface area contributed by atoms with Crippen LogP contribution in [0.15, 0.2) is 0 Å². The van der Waals surface area contributed by atoms with Crippen molar-refractivity contribution >= 4 is 17.3 Å². The van der Waals surface area contributed by atoms with Crippen molar-refractivity contribution in [1.29, 1.82) is 0 Å². The summed E-state index contributed by atoms with van der Waals surface area (Å²) in [7, 11) is 0. The normalized spacial score (nSPS) is 35.6. The summed E-state index contributed by atoms with van der Waals surface area (Å²) >= 11 is 5.45. The van der Waals surface area contributed by atoms with Crippen molar-refractivity contribution < 1.29 is 0 Å². The molecule has 0 aromatic heterocycles. The maximum Gasteiger partial charge on any atom is 0.185 e. The molecule has 92 valence electrons. The van der Waals surface area contributed by atoms with Crippen molar-refractivity contribution in [1.82, 2.24) is 15.8 Å². The average Bonchev–Trinajstić information content (AvgIpc) is 2.49. The SMILES string of the molecule is CC1CCCCC12NC(=S)N(C(C)(C)C)N2. The Bertz CT molecular complexity index is 297. The number of nitrogens with one attached hydrogen (secondary N) is 2. The molecule has 1 saturated heterocycles. The lowest BCUT2D eigenvalue weighted by Gasteiger charge is -2.41. The van der Waals surface area contributed by atoms with Crippen LogP contribution < -0.4 is 10.7 Å². The molecule has 2 unspecified atom stereocenters. The summed E-state index contributed by atoms with van der Waals surface area (Å²) in [5.74, 6) is 0.631. The van der Waals surface area contributed by atoms with Gasteiger partial charge < -0.3 is 5.32 Å². The highest BCUT2D eigenvalue weighted by molar-refractivity contribution is 7.80. The fraction of sp³-hybridized carbons (Fsp3) is 0.917. The maximum atomic E-state index is 5.45. The molecule has 2 atom stereocenters. The van der Waals surface area contributed by atoms with Crippen molar-refractivity contribution in [3.8, 4) is 0 Å². The largest absolute Gasteiger partial charge is 0.342 e. The summed E-state index contributed by atoms with van der Waals surface area (Å²) in [6.07, 6.45) is 5.07. The minimum Gasteiger partial charge on any atom is -0.342 e. The predicted molar refractivity (Wildman–Crippen MR) is 70.8 cm³/mol. The molecule has 2 rings (SSSR count). The zero-order valence-electron chi connectivity index (χ0n) is 10.8. The molecule has 1 spiro atoms. The van der Waals surface area contributed by atoms with Gasteiger partial charge in [0.15, 0.2) is 5.11 Å². The van der Waals surface area contributed by atoms with E-state index in [4.69, 9.17) is 12.2 Å². The molecule has 0 amide bonds. The van der Waals surface area contributed by atoms with Crippen LogP contribution in [0.25, 0.3) is 0 Å². The Balaban J connectivity index is 2.19. The smallest absolute Gasteiger partial charge is 0.185 e. The van der Waals surface area contributed by atoms with E-state index in [9.17, 15) is 0 Å². The molecule has 0 radical (unpaired) electrons. The standard InChI is InChI=1S/C12H23N3S/c1-9-7-5-6-8-12(9)13-10(16)15(14-12)11(2,3)4/h9,14H,5-8H2,1-4H3,(H,13,16). The molecule has 4 heteroatoms. The average molecular weight is 241 g/mol. The second-order valence-electron chi connectivity index (χ2n) is 6.17. The van der Waals surface area contributed by atoms with Gasteiger partial charge in [-0.25, -0.2) is 5.43 Å². The zero-order chi connectivity index (χ0) is 12.0. The lowest BCUT2D eigenvalue weighted by atomic mass is 9.80. The number of hydrogen-bond donors (Lipinski definition) is 2. The summed E-state index contributed by atoms with van der Waals surface area (Å²) in [5.41, 5.74) is 3.68. The topological polar surface area (TPSA) is 27.3 Å². The first-order valence-electron chi connectivity index (χ1n) is 6.25. The van der Waals surface area contributed by atoms with Crippen molar-refractivity contribution in [2.75, 3.05) is 0 Å². The molecular formula is C12H23N3S. The second-order valence-corrected chi connectivity index (χ2v) is 6.55. The van der Waals surface area contributed by atoms with Crippen LogP contribution in [-0.2, 0) is 0 Å². The van der Waals surface area contributed by atoms with Gasteiger partial charge in [-0.3, -0.25) is 5.01 Å². The van der Waals surface area contributed by atoms with Gasteiger partial charge in [-0.1, -0.05) is 13.3 Å². The van der Waals surface area contributed by atoms with Crippen LogP contribution in [0.5, 0.6) is 0 Å². The molecule has 1 saturated carbocycles. The lowest BCUT2D eigenvalue weighted by Crippen LogP contribution is -2.59. The molecule has 16 heavy (non-hydrogen) atoms. The van der Waals surface area contributed by atoms with E-state index in [-0.39, 0.29) is 11.2 Å². The zero-order valence-corrected chi connectivity index (χ0v) is 11.6. The first kappa shape index (κ1) is 12.1. The van der Waals surface area contributed by atoms with Crippen molar-refractivity contribution in [3.63, 3.8) is 0 Å². The van der Waals surface area contributed by atoms with Gasteiger partial charge in [0.05, 0.1) is 5.54 Å². The lowest BCUT2D eigenvalue weighted by molar-refractivity contribution is 0.0694. The van der Waals surface area contributed by atoms with E-state index in [1.54, 1.807) is 0 Å². The fourth-order valence-electron chi connectivity index (χ4n) is 2.70. The Kier molecular flexibility index (Phi) is 2.91. The van der Waals surface area contributed by atoms with Gasteiger partial charge in [0.25, 0.3) is 0 Å². The van der Waals surface area contributed by atoms with Gasteiger partial charge in [-0.2, -0.15) is 0 Å². The van der Waals surface area contributed by atoms with E-state index < -0.39 is 0 Å². The van der Waals surface area contributed by atoms with E-state index in [0.29, 0.717) is 5.92 Å². The highest BCUT2D eigenvalue weighted by Gasteiger charge is 2.47. The van der Waals surface area contributed by atoms with Crippen LogP contribution in [-0.4, -0.2) is 21.3 Å². The molecule has 3 nitrogen and oxygen atoms in total. The number of thiocarbonyl (C=S) groups is 1. The van der Waals surface area contributed by atoms with Crippen LogP contribution in [0.4, 0.5) is 0 Å². The highest BCUT2D eigenvalue weighted by atomic mass is 32.1. The van der Waals surface area contributed by atoms with Crippen molar-refractivity contribution in [2.24, 2.45) is 5.92 Å². The van der Waals surface area contributed by atoms with E-state index in [1.165, 1.54) is 25.7 Å². The van der Waals surface area contributed by atoms with Gasteiger partial charge in [-0.15, -0.1) is 0 Å². The van der Waals surface area contributed by atoms with Gasteiger partial charge in [-0.05, 0) is 58.2 Å². The number of hydrogen-bond acceptors (Lipinski definition) is 2. The monoisotopic (exact) mass is 241 g/mol. The predicted octanol–water partition coefficient (Wildman–Crippen LogP) is 2.39. The van der Waals surface area contributed by atoms with Crippen LogP contribution in [0.3, 0.4) is 0 Å². The molecular weight excluding hydrogens is 218 g/mol. The molecule has 2 N–H and O–H groups in total. The maximum absolute atomic E-state index is 5.45. The fourth-order valence-corrected chi connectivity index (χ4v) is 3.20. The molecule has 1 aliphatic carbocycles. The third-order valence-corrected chi connectivity index (χ3v) is 4.10. The van der Waals surface area contributed by atoms with E-state index in [2.05, 4.69) is 43.4 Å². The Morgan fingerprint density at radius 3 is 2.56 bits per heavy atom. The molecule has 2 fully saturated rings. The van der Waals surface area contributed by atoms with Gasteiger partial charge in [0, 0.05) is 0 Å². The van der Waals surface area contributed by atoms with Gasteiger partial charge in [0.2, 0.25) is 0 Å². The Labute approximate surface area is 104 Å². The minimum absolute atomic E-state index is 0.0165. The van der Waals surface area contributed by atoms with Crippen LogP contribution in [0, 0.1) is 5.92 Å². The van der Waals surface area contributed by atoms with Crippen molar-refractivity contribution in [2.45, 2.75) is 64.6 Å². The highest BCUT2D eigenvalue weighted by Crippen LogP contribution is 2.35. The van der Waals surface area contributed by atoms with E-state index in [1.807, 2.05) is 0 Å². The van der Waals surface area contributed by atoms with Gasteiger partial charge in [0.1, 0.15) is 5.66 Å². The van der Waals surface area contributed by atoms with Gasteiger partial charge >= 0.3 is 0 Å². The summed E-state index contributed by atoms with van der Waals surface area (Å²) < 4.78 is 0. The molecule has 1 aliphatic heterocycles. The first-order chi connectivity index (χ1) is 7.35. The number of rotatable bonds is 0. The number of nitrogens with zero attached hydrogens (tertiary/aromatic N) is 1. The third kappa shape index (κ3) is 1.93. The quantitative estimate of drug-likeness (QED) is 0.637. The summed E-state index contributed by atoms with van der Waals surface area (Å²) in [6.45, 7) is 8.86. The Hall–Kier alpha value is -0.350. The molecule has 1 heterocycles.